The van der Waals surface area contributed by atoms with E-state index in [1.807, 2.05) is 6.92 Å². The van der Waals surface area contributed by atoms with E-state index in [0.29, 0.717) is 13.2 Å². The summed E-state index contributed by atoms with van der Waals surface area (Å²) in [5.41, 5.74) is 0. The number of methoxy groups -OCH3 is 1. The fourth-order valence-electron chi connectivity index (χ4n) is 2.71. The van der Waals surface area contributed by atoms with Crippen LogP contribution in [0.5, 0.6) is 0 Å². The molecule has 0 bridgehead atoms. The van der Waals surface area contributed by atoms with Gasteiger partial charge in [-0.2, -0.15) is 0 Å². The van der Waals surface area contributed by atoms with Gasteiger partial charge in [0.05, 0.1) is 31.5 Å². The van der Waals surface area contributed by atoms with Gasteiger partial charge in [0, 0.05) is 32.4 Å². The Morgan fingerprint density at radius 2 is 2.05 bits per heavy atom. The highest BCUT2D eigenvalue weighted by molar-refractivity contribution is 5.72. The molecule has 0 aromatic carbocycles. The largest absolute Gasteiger partial charge is 0.394 e. The first kappa shape index (κ1) is 16.4. The molecule has 6 nitrogen and oxygen atoms in total. The lowest BCUT2D eigenvalue weighted by Gasteiger charge is -2.44. The minimum atomic E-state index is -0.622. The van der Waals surface area contributed by atoms with E-state index < -0.39 is 12.2 Å². The highest BCUT2D eigenvalue weighted by Crippen LogP contribution is 2.32. The fraction of sp³-hybridized carbons (Fsp3) is 0.923. The lowest BCUT2D eigenvalue weighted by atomic mass is 9.79. The van der Waals surface area contributed by atoms with Gasteiger partial charge in [-0.15, -0.1) is 0 Å². The van der Waals surface area contributed by atoms with Crippen LogP contribution in [-0.2, 0) is 14.3 Å². The van der Waals surface area contributed by atoms with Crippen LogP contribution in [-0.4, -0.2) is 61.3 Å². The summed E-state index contributed by atoms with van der Waals surface area (Å²) in [6.07, 6.45) is -0.576. The second-order valence-corrected chi connectivity index (χ2v) is 5.01. The van der Waals surface area contributed by atoms with E-state index in [1.54, 1.807) is 7.11 Å². The molecule has 3 unspecified atom stereocenters. The van der Waals surface area contributed by atoms with E-state index in [1.165, 1.54) is 6.92 Å². The number of aliphatic hydroxyl groups is 2. The predicted octanol–water partition coefficient (Wildman–Crippen LogP) is -0.468. The van der Waals surface area contributed by atoms with Gasteiger partial charge in [0.1, 0.15) is 0 Å². The number of nitrogens with one attached hydrogen (secondary N) is 1. The molecule has 0 aromatic heterocycles. The minimum absolute atomic E-state index is 0.0542. The second kappa shape index (κ2) is 7.79. The molecule has 0 spiro atoms. The molecule has 0 radical (unpaired) electrons. The topological polar surface area (TPSA) is 88.0 Å². The third-order valence-electron chi connectivity index (χ3n) is 3.75. The summed E-state index contributed by atoms with van der Waals surface area (Å²) in [5.74, 6) is -0.510. The molecule has 1 heterocycles. The number of rotatable bonds is 6. The van der Waals surface area contributed by atoms with E-state index >= 15 is 0 Å². The van der Waals surface area contributed by atoms with Crippen molar-refractivity contribution in [2.75, 3.05) is 26.9 Å². The zero-order valence-corrected chi connectivity index (χ0v) is 11.8. The van der Waals surface area contributed by atoms with Gasteiger partial charge in [-0.1, -0.05) is 6.92 Å². The van der Waals surface area contributed by atoms with Gasteiger partial charge in [-0.05, 0) is 6.42 Å². The van der Waals surface area contributed by atoms with Crippen LogP contribution >= 0.6 is 0 Å². The molecular weight excluding hydrogens is 250 g/mol. The summed E-state index contributed by atoms with van der Waals surface area (Å²) in [4.78, 5) is 11.0. The molecule has 19 heavy (non-hydrogen) atoms. The molecule has 1 rings (SSSR count). The Labute approximate surface area is 114 Å². The van der Waals surface area contributed by atoms with Crippen LogP contribution in [0.3, 0.4) is 0 Å². The maximum atomic E-state index is 11.0. The molecule has 6 heteroatoms. The summed E-state index contributed by atoms with van der Waals surface area (Å²) >= 11 is 0. The van der Waals surface area contributed by atoms with E-state index in [-0.39, 0.29) is 30.5 Å². The molecule has 1 aliphatic rings. The summed E-state index contributed by atoms with van der Waals surface area (Å²) < 4.78 is 10.9. The maximum Gasteiger partial charge on any atom is 0.216 e. The van der Waals surface area contributed by atoms with Crippen molar-refractivity contribution in [1.29, 1.82) is 0 Å². The minimum Gasteiger partial charge on any atom is -0.394 e. The molecule has 0 saturated carbocycles. The van der Waals surface area contributed by atoms with Crippen LogP contribution in [0.4, 0.5) is 0 Å². The third kappa shape index (κ3) is 4.14. The van der Waals surface area contributed by atoms with Crippen molar-refractivity contribution in [1.82, 2.24) is 5.32 Å². The molecule has 0 aliphatic carbocycles. The third-order valence-corrected chi connectivity index (χ3v) is 3.75. The number of amides is 1. The van der Waals surface area contributed by atoms with E-state index in [2.05, 4.69) is 5.32 Å². The molecule has 1 saturated heterocycles. The van der Waals surface area contributed by atoms with E-state index in [9.17, 15) is 15.0 Å². The summed E-state index contributed by atoms with van der Waals surface area (Å²) in [6.45, 7) is 3.92. The number of ether oxygens (including phenoxy) is 2. The Bertz CT molecular complexity index is 286. The average molecular weight is 275 g/mol. The van der Waals surface area contributed by atoms with Crippen LogP contribution in [0.2, 0.25) is 0 Å². The number of carbonyl (C=O) groups is 1. The standard InChI is InChI=1S/C13H25NO5/c1-4-9-12(7-18-3)19-11(6-15)10(13(9)17)5-14-8(2)16/h9-13,15,17H,4-7H2,1-3H3,(H,14,16)/t9-,10?,11+,12?,13?/m1/s1. The molecule has 0 aromatic rings. The summed E-state index contributed by atoms with van der Waals surface area (Å²) in [7, 11) is 1.58. The number of aliphatic hydroxyl groups excluding tert-OH is 2. The quantitative estimate of drug-likeness (QED) is 0.610. The smallest absolute Gasteiger partial charge is 0.216 e. The van der Waals surface area contributed by atoms with Crippen molar-refractivity contribution in [3.63, 3.8) is 0 Å². The lowest BCUT2D eigenvalue weighted by molar-refractivity contribution is -0.195. The van der Waals surface area contributed by atoms with Crippen LogP contribution in [0.1, 0.15) is 20.3 Å². The van der Waals surface area contributed by atoms with Gasteiger partial charge in [0.15, 0.2) is 0 Å². The molecule has 1 fully saturated rings. The van der Waals surface area contributed by atoms with Gasteiger partial charge in [-0.3, -0.25) is 4.79 Å². The van der Waals surface area contributed by atoms with Crippen LogP contribution in [0, 0.1) is 11.8 Å². The molecule has 5 atom stereocenters. The predicted molar refractivity (Wildman–Crippen MR) is 69.6 cm³/mol. The highest BCUT2D eigenvalue weighted by atomic mass is 16.5. The monoisotopic (exact) mass is 275 g/mol. The second-order valence-electron chi connectivity index (χ2n) is 5.01. The average Bonchev–Trinajstić information content (AvgIpc) is 2.37. The van der Waals surface area contributed by atoms with Crippen molar-refractivity contribution in [3.05, 3.63) is 0 Å². The maximum absolute atomic E-state index is 11.0. The normalized spacial score (nSPS) is 35.1. The Morgan fingerprint density at radius 3 is 2.53 bits per heavy atom. The Kier molecular flexibility index (Phi) is 6.71. The first-order valence-electron chi connectivity index (χ1n) is 6.72. The molecular formula is C13H25NO5. The molecule has 112 valence electrons. The van der Waals surface area contributed by atoms with Gasteiger partial charge in [0.2, 0.25) is 5.91 Å². The highest BCUT2D eigenvalue weighted by Gasteiger charge is 2.43. The number of carbonyl (C=O) groups excluding carboxylic acids is 1. The van der Waals surface area contributed by atoms with Gasteiger partial charge in [-0.25, -0.2) is 0 Å². The van der Waals surface area contributed by atoms with Crippen molar-refractivity contribution in [2.45, 2.75) is 38.6 Å². The van der Waals surface area contributed by atoms with Crippen molar-refractivity contribution in [2.24, 2.45) is 11.8 Å². The number of hydrogen-bond acceptors (Lipinski definition) is 5. The molecule has 1 aliphatic heterocycles. The Hall–Kier alpha value is -0.690. The van der Waals surface area contributed by atoms with Gasteiger partial charge < -0.3 is 25.0 Å². The first-order valence-corrected chi connectivity index (χ1v) is 6.72. The van der Waals surface area contributed by atoms with Crippen LogP contribution in [0.25, 0.3) is 0 Å². The zero-order chi connectivity index (χ0) is 14.4. The molecule has 3 N–H and O–H groups in total. The number of hydrogen-bond donors (Lipinski definition) is 3. The van der Waals surface area contributed by atoms with Gasteiger partial charge >= 0.3 is 0 Å². The summed E-state index contributed by atoms with van der Waals surface area (Å²) in [5, 5.41) is 22.5. The zero-order valence-electron chi connectivity index (χ0n) is 11.8. The summed E-state index contributed by atoms with van der Waals surface area (Å²) in [6, 6.07) is 0. The Balaban J connectivity index is 2.76. The van der Waals surface area contributed by atoms with Crippen molar-refractivity contribution in [3.8, 4) is 0 Å². The molecule has 1 amide bonds. The fourth-order valence-corrected chi connectivity index (χ4v) is 2.71. The van der Waals surface area contributed by atoms with Crippen LogP contribution < -0.4 is 5.32 Å². The van der Waals surface area contributed by atoms with Gasteiger partial charge in [0.25, 0.3) is 0 Å². The van der Waals surface area contributed by atoms with Crippen LogP contribution in [0.15, 0.2) is 0 Å². The van der Waals surface area contributed by atoms with E-state index in [0.717, 1.165) is 6.42 Å². The lowest BCUT2D eigenvalue weighted by Crippen LogP contribution is -2.56. The van der Waals surface area contributed by atoms with E-state index in [4.69, 9.17) is 9.47 Å². The Morgan fingerprint density at radius 1 is 1.37 bits per heavy atom. The SMILES string of the molecule is CC[C@@H]1C(COC)O[C@@H](CO)C(CNC(C)=O)C1O. The van der Waals surface area contributed by atoms with Crippen molar-refractivity contribution < 1.29 is 24.5 Å². The van der Waals surface area contributed by atoms with Crippen molar-refractivity contribution >= 4 is 5.91 Å². The first-order chi connectivity index (χ1) is 9.04.